The molecule has 1 heterocycles. The van der Waals surface area contributed by atoms with Crippen molar-refractivity contribution in [2.24, 2.45) is 4.99 Å². The Bertz CT molecular complexity index is 625. The average Bonchev–Trinajstić information content (AvgIpc) is 2.73. The lowest BCUT2D eigenvalue weighted by molar-refractivity contribution is -0.121. The minimum atomic E-state index is 0. The van der Waals surface area contributed by atoms with Gasteiger partial charge in [-0.2, -0.15) is 0 Å². The van der Waals surface area contributed by atoms with Crippen molar-refractivity contribution in [3.8, 4) is 0 Å². The molecule has 6 nitrogen and oxygen atoms in total. The van der Waals surface area contributed by atoms with Gasteiger partial charge in [0, 0.05) is 58.8 Å². The Morgan fingerprint density at radius 3 is 2.41 bits per heavy atom. The molecule has 1 aromatic rings. The fourth-order valence-corrected chi connectivity index (χ4v) is 4.13. The second kappa shape index (κ2) is 13.1. The number of hydrogen-bond donors (Lipinski definition) is 2. The minimum Gasteiger partial charge on any atom is -0.356 e. The summed E-state index contributed by atoms with van der Waals surface area (Å²) in [6, 6.07) is 11.0. The third-order valence-electron chi connectivity index (χ3n) is 5.74. The number of halogens is 1. The van der Waals surface area contributed by atoms with Gasteiger partial charge in [-0.15, -0.1) is 24.0 Å². The first kappa shape index (κ1) is 23.9. The van der Waals surface area contributed by atoms with Crippen molar-refractivity contribution in [3.63, 3.8) is 0 Å². The monoisotopic (exact) mass is 513 g/mol. The maximum absolute atomic E-state index is 12.2. The highest BCUT2D eigenvalue weighted by Gasteiger charge is 2.20. The van der Waals surface area contributed by atoms with Crippen molar-refractivity contribution in [2.75, 3.05) is 39.8 Å². The summed E-state index contributed by atoms with van der Waals surface area (Å²) in [5.41, 5.74) is 1.36. The van der Waals surface area contributed by atoms with Gasteiger partial charge in [0.1, 0.15) is 0 Å². The summed E-state index contributed by atoms with van der Waals surface area (Å²) in [6.07, 6.45) is 6.56. The number of piperazine rings is 1. The molecule has 162 valence electrons. The van der Waals surface area contributed by atoms with Crippen LogP contribution in [0, 0.1) is 0 Å². The van der Waals surface area contributed by atoms with E-state index in [0.717, 1.165) is 51.5 Å². The molecule has 1 aliphatic carbocycles. The van der Waals surface area contributed by atoms with E-state index in [1.54, 1.807) is 0 Å². The van der Waals surface area contributed by atoms with E-state index in [0.29, 0.717) is 19.0 Å². The van der Waals surface area contributed by atoms with Gasteiger partial charge in [-0.3, -0.25) is 14.7 Å². The fraction of sp³-hybridized carbons (Fsp3) is 0.636. The van der Waals surface area contributed by atoms with Crippen LogP contribution in [0.4, 0.5) is 0 Å². The van der Waals surface area contributed by atoms with Crippen molar-refractivity contribution in [2.45, 2.75) is 51.1 Å². The molecule has 0 aromatic heterocycles. The van der Waals surface area contributed by atoms with Gasteiger partial charge in [0.05, 0.1) is 0 Å². The summed E-state index contributed by atoms with van der Waals surface area (Å²) in [6.45, 7) is 5.61. The molecule has 2 aliphatic rings. The Hall–Kier alpha value is -1.35. The zero-order valence-corrected chi connectivity index (χ0v) is 19.9. The Kier molecular flexibility index (Phi) is 10.8. The molecule has 1 saturated carbocycles. The van der Waals surface area contributed by atoms with Gasteiger partial charge >= 0.3 is 0 Å². The molecule has 0 radical (unpaired) electrons. The number of nitrogens with zero attached hydrogens (tertiary/aromatic N) is 3. The van der Waals surface area contributed by atoms with Crippen molar-refractivity contribution in [3.05, 3.63) is 35.9 Å². The largest absolute Gasteiger partial charge is 0.356 e. The summed E-state index contributed by atoms with van der Waals surface area (Å²) in [5, 5.41) is 6.55. The van der Waals surface area contributed by atoms with Crippen LogP contribution in [-0.2, 0) is 11.3 Å². The zero-order chi connectivity index (χ0) is 19.6. The van der Waals surface area contributed by atoms with E-state index in [9.17, 15) is 4.79 Å². The van der Waals surface area contributed by atoms with E-state index in [2.05, 4.69) is 55.8 Å². The molecule has 0 bridgehead atoms. The van der Waals surface area contributed by atoms with Gasteiger partial charge in [-0.05, 0) is 18.4 Å². The Morgan fingerprint density at radius 1 is 1.07 bits per heavy atom. The van der Waals surface area contributed by atoms with Gasteiger partial charge in [0.15, 0.2) is 5.96 Å². The summed E-state index contributed by atoms with van der Waals surface area (Å²) in [7, 11) is 1.82. The molecule has 0 spiro atoms. The predicted octanol–water partition coefficient (Wildman–Crippen LogP) is 2.84. The lowest BCUT2D eigenvalue weighted by Crippen LogP contribution is -2.52. The molecule has 2 N–H and O–H groups in total. The lowest BCUT2D eigenvalue weighted by atomic mass is 9.95. The number of carbonyl (C=O) groups is 1. The quantitative estimate of drug-likeness (QED) is 0.349. The second-order valence-corrected chi connectivity index (χ2v) is 7.88. The summed E-state index contributed by atoms with van der Waals surface area (Å²) in [4.78, 5) is 21.4. The van der Waals surface area contributed by atoms with Gasteiger partial charge in [0.2, 0.25) is 5.91 Å². The topological polar surface area (TPSA) is 60.0 Å². The molecule has 1 saturated heterocycles. The van der Waals surface area contributed by atoms with Crippen LogP contribution in [0.15, 0.2) is 35.3 Å². The van der Waals surface area contributed by atoms with Crippen LogP contribution in [0.2, 0.25) is 0 Å². The molecule has 0 atom stereocenters. The third-order valence-corrected chi connectivity index (χ3v) is 5.74. The van der Waals surface area contributed by atoms with Crippen molar-refractivity contribution in [1.29, 1.82) is 0 Å². The van der Waals surface area contributed by atoms with E-state index < -0.39 is 0 Å². The summed E-state index contributed by atoms with van der Waals surface area (Å²) in [5.74, 6) is 1.06. The number of benzene rings is 1. The normalized spacial score (nSPS) is 18.8. The molecule has 0 unspecified atom stereocenters. The van der Waals surface area contributed by atoms with Gasteiger partial charge in [0.25, 0.3) is 0 Å². The van der Waals surface area contributed by atoms with E-state index in [-0.39, 0.29) is 29.9 Å². The minimum absolute atomic E-state index is 0. The van der Waals surface area contributed by atoms with Crippen LogP contribution < -0.4 is 10.6 Å². The van der Waals surface area contributed by atoms with Crippen LogP contribution in [0.25, 0.3) is 0 Å². The highest BCUT2D eigenvalue weighted by molar-refractivity contribution is 14.0. The first-order valence-corrected chi connectivity index (χ1v) is 10.8. The third kappa shape index (κ3) is 8.12. The van der Waals surface area contributed by atoms with E-state index in [1.165, 1.54) is 24.8 Å². The predicted molar refractivity (Wildman–Crippen MR) is 130 cm³/mol. The number of amides is 1. The number of carbonyl (C=O) groups excluding carboxylic acids is 1. The van der Waals surface area contributed by atoms with Crippen molar-refractivity contribution in [1.82, 2.24) is 20.4 Å². The number of guanidine groups is 1. The first-order chi connectivity index (χ1) is 13.7. The maximum Gasteiger partial charge on any atom is 0.221 e. The molecule has 29 heavy (non-hydrogen) atoms. The maximum atomic E-state index is 12.2. The molecular formula is C22H36IN5O. The summed E-state index contributed by atoms with van der Waals surface area (Å²) >= 11 is 0. The fourth-order valence-electron chi connectivity index (χ4n) is 4.13. The molecule has 7 heteroatoms. The number of nitrogens with one attached hydrogen (secondary N) is 2. The van der Waals surface area contributed by atoms with Gasteiger partial charge < -0.3 is 15.5 Å². The molecule has 2 fully saturated rings. The standard InChI is InChI=1S/C22H35N5O.HI/c1-23-22(24-13-12-21(28)25-20-10-6-3-7-11-20)27-16-14-26(15-17-27)18-19-8-4-2-5-9-19;/h2,4-5,8-9,20H,3,6-7,10-18H2,1H3,(H,23,24)(H,25,28);1H. The van der Waals surface area contributed by atoms with Crippen molar-refractivity contribution >= 4 is 35.8 Å². The van der Waals surface area contributed by atoms with Gasteiger partial charge in [-0.1, -0.05) is 49.6 Å². The highest BCUT2D eigenvalue weighted by atomic mass is 127. The average molecular weight is 513 g/mol. The van der Waals surface area contributed by atoms with Crippen LogP contribution in [0.1, 0.15) is 44.1 Å². The molecule has 1 aromatic carbocycles. The van der Waals surface area contributed by atoms with Crippen molar-refractivity contribution < 1.29 is 4.79 Å². The van der Waals surface area contributed by atoms with Gasteiger partial charge in [-0.25, -0.2) is 0 Å². The molecule has 1 amide bonds. The smallest absolute Gasteiger partial charge is 0.221 e. The first-order valence-electron chi connectivity index (χ1n) is 10.8. The van der Waals surface area contributed by atoms with Crippen LogP contribution in [0.3, 0.4) is 0 Å². The number of rotatable bonds is 6. The Balaban J connectivity index is 0.00000300. The van der Waals surface area contributed by atoms with Crippen LogP contribution in [-0.4, -0.2) is 67.5 Å². The zero-order valence-electron chi connectivity index (χ0n) is 17.6. The highest BCUT2D eigenvalue weighted by Crippen LogP contribution is 2.17. The van der Waals surface area contributed by atoms with E-state index in [1.807, 2.05) is 7.05 Å². The van der Waals surface area contributed by atoms with Crippen LogP contribution >= 0.6 is 24.0 Å². The Labute approximate surface area is 192 Å². The molecular weight excluding hydrogens is 477 g/mol. The van der Waals surface area contributed by atoms with E-state index >= 15 is 0 Å². The number of aliphatic imine (C=N–C) groups is 1. The second-order valence-electron chi connectivity index (χ2n) is 7.88. The van der Waals surface area contributed by atoms with Crippen LogP contribution in [0.5, 0.6) is 0 Å². The lowest BCUT2D eigenvalue weighted by Gasteiger charge is -2.36. The van der Waals surface area contributed by atoms with E-state index in [4.69, 9.17) is 0 Å². The summed E-state index contributed by atoms with van der Waals surface area (Å²) < 4.78 is 0. The Morgan fingerprint density at radius 2 is 1.76 bits per heavy atom. The SMILES string of the molecule is CN=C(NCCC(=O)NC1CCCCC1)N1CCN(Cc2ccccc2)CC1.I. The molecule has 3 rings (SSSR count). The molecule has 1 aliphatic heterocycles. The number of hydrogen-bond acceptors (Lipinski definition) is 3.